The molecule has 0 bridgehead atoms. The zero-order chi connectivity index (χ0) is 15.5. The molecule has 22 heavy (non-hydrogen) atoms. The third-order valence-corrected chi connectivity index (χ3v) is 3.72. The van der Waals surface area contributed by atoms with E-state index in [0.717, 1.165) is 18.7 Å². The lowest BCUT2D eigenvalue weighted by atomic mass is 10.2. The van der Waals surface area contributed by atoms with Crippen molar-refractivity contribution in [3.05, 3.63) is 15.8 Å². The summed E-state index contributed by atoms with van der Waals surface area (Å²) in [5.41, 5.74) is 2.01. The Morgan fingerprint density at radius 2 is 2.09 bits per heavy atom. The van der Waals surface area contributed by atoms with Gasteiger partial charge in [-0.3, -0.25) is 0 Å². The van der Waals surface area contributed by atoms with E-state index in [4.69, 9.17) is 20.8 Å². The lowest BCUT2D eigenvalue weighted by molar-refractivity contribution is 0.122. The molecule has 0 aliphatic carbocycles. The predicted octanol–water partition coefficient (Wildman–Crippen LogP) is 3.80. The molecule has 3 heterocycles. The molecule has 6 nitrogen and oxygen atoms in total. The Kier molecular flexibility index (Phi) is 4.75. The number of rotatable bonds is 3. The number of fused-ring (bicyclic) bond motifs is 1. The second kappa shape index (κ2) is 6.76. The average molecular weight is 386 g/mol. The summed E-state index contributed by atoms with van der Waals surface area (Å²) in [5.74, 6) is 1.17. The lowest BCUT2D eigenvalue weighted by Gasteiger charge is -2.27. The highest BCUT2D eigenvalue weighted by Gasteiger charge is 2.23. The Hall–Kier alpha value is -1.44. The summed E-state index contributed by atoms with van der Waals surface area (Å²) in [4.78, 5) is 16.7. The molecule has 8 heteroatoms. The molecule has 1 fully saturated rings. The van der Waals surface area contributed by atoms with Gasteiger partial charge in [0.05, 0.1) is 18.8 Å². The first kappa shape index (κ1) is 15.5. The maximum absolute atomic E-state index is 6.11. The molecule has 0 atom stereocenters. The molecule has 116 valence electrons. The fraction of sp³-hybridized carbons (Fsp3) is 0.357. The summed E-state index contributed by atoms with van der Waals surface area (Å²) in [6, 6.07) is 0. The number of hydrogen-bond acceptors (Lipinski definition) is 6. The molecule has 0 spiro atoms. The minimum absolute atomic E-state index is 0.186. The zero-order valence-corrected chi connectivity index (χ0v) is 14.3. The standard InChI is InChI=1S/C14H14BrClN4O2/c1-2-17-13-9(3-4-15)10-11(22-13)12(19-14(16)18-10)20-5-7-21-8-6-20/h2-4H,5-8H2,1H3/b4-3+,17-2?. The van der Waals surface area contributed by atoms with Crippen LogP contribution in [0.3, 0.4) is 0 Å². The van der Waals surface area contributed by atoms with E-state index in [1.54, 1.807) is 11.2 Å². The van der Waals surface area contributed by atoms with Crippen LogP contribution in [0.1, 0.15) is 12.5 Å². The van der Waals surface area contributed by atoms with Crippen LogP contribution in [0.2, 0.25) is 5.28 Å². The average Bonchev–Trinajstić information content (AvgIpc) is 2.86. The fourth-order valence-electron chi connectivity index (χ4n) is 2.36. The van der Waals surface area contributed by atoms with Crippen LogP contribution in [0.5, 0.6) is 0 Å². The van der Waals surface area contributed by atoms with Gasteiger partial charge in [-0.2, -0.15) is 4.98 Å². The highest BCUT2D eigenvalue weighted by molar-refractivity contribution is 9.11. The minimum atomic E-state index is 0.186. The first-order chi connectivity index (χ1) is 10.7. The van der Waals surface area contributed by atoms with Gasteiger partial charge in [-0.1, -0.05) is 15.9 Å². The molecule has 0 radical (unpaired) electrons. The molecule has 3 rings (SSSR count). The van der Waals surface area contributed by atoms with Crippen LogP contribution in [-0.2, 0) is 4.74 Å². The Balaban J connectivity index is 2.22. The van der Waals surface area contributed by atoms with Crippen LogP contribution in [0.4, 0.5) is 11.7 Å². The van der Waals surface area contributed by atoms with Crippen LogP contribution < -0.4 is 4.90 Å². The van der Waals surface area contributed by atoms with Gasteiger partial charge in [0.1, 0.15) is 5.52 Å². The monoisotopic (exact) mass is 384 g/mol. The Morgan fingerprint density at radius 1 is 1.32 bits per heavy atom. The minimum Gasteiger partial charge on any atom is -0.432 e. The Bertz CT molecular complexity index is 738. The van der Waals surface area contributed by atoms with E-state index in [-0.39, 0.29) is 5.28 Å². The van der Waals surface area contributed by atoms with Crippen molar-refractivity contribution in [3.8, 4) is 0 Å². The van der Waals surface area contributed by atoms with Crippen molar-refractivity contribution in [2.45, 2.75) is 6.92 Å². The van der Waals surface area contributed by atoms with Gasteiger partial charge in [-0.25, -0.2) is 9.98 Å². The van der Waals surface area contributed by atoms with E-state index in [9.17, 15) is 0 Å². The maximum Gasteiger partial charge on any atom is 0.228 e. The van der Waals surface area contributed by atoms with E-state index in [0.29, 0.717) is 36.0 Å². The summed E-state index contributed by atoms with van der Waals surface area (Å²) in [6.07, 6.45) is 3.51. The quantitative estimate of drug-likeness (QED) is 0.594. The molecular formula is C14H14BrClN4O2. The topological polar surface area (TPSA) is 63.8 Å². The molecule has 2 aromatic heterocycles. The van der Waals surface area contributed by atoms with E-state index >= 15 is 0 Å². The third-order valence-electron chi connectivity index (χ3n) is 3.29. The van der Waals surface area contributed by atoms with E-state index in [1.807, 2.05) is 13.0 Å². The summed E-state index contributed by atoms with van der Waals surface area (Å²) in [6.45, 7) is 4.60. The van der Waals surface area contributed by atoms with Gasteiger partial charge >= 0.3 is 0 Å². The first-order valence-corrected chi connectivity index (χ1v) is 8.12. The first-order valence-electron chi connectivity index (χ1n) is 6.82. The largest absolute Gasteiger partial charge is 0.432 e. The number of hydrogen-bond donors (Lipinski definition) is 0. The third kappa shape index (κ3) is 2.88. The fourth-order valence-corrected chi connectivity index (χ4v) is 2.79. The second-order valence-electron chi connectivity index (χ2n) is 4.59. The molecule has 0 aromatic carbocycles. The van der Waals surface area contributed by atoms with E-state index in [1.165, 1.54) is 0 Å². The molecule has 1 aliphatic rings. The SMILES string of the molecule is CC=Nc1oc2c(N3CCOCC3)nc(Cl)nc2c1/C=C/Br. The van der Waals surface area contributed by atoms with Crippen molar-refractivity contribution in [1.82, 2.24) is 9.97 Å². The zero-order valence-electron chi connectivity index (χ0n) is 11.9. The van der Waals surface area contributed by atoms with Gasteiger partial charge in [0.15, 0.2) is 11.4 Å². The molecule has 1 saturated heterocycles. The van der Waals surface area contributed by atoms with Gasteiger partial charge < -0.3 is 14.1 Å². The second-order valence-corrected chi connectivity index (χ2v) is 5.46. The number of halogens is 2. The Labute approximate surface area is 141 Å². The normalized spacial score (nSPS) is 16.4. The van der Waals surface area contributed by atoms with Crippen LogP contribution in [0.25, 0.3) is 17.2 Å². The summed E-state index contributed by atoms with van der Waals surface area (Å²) in [5, 5.41) is 0.186. The smallest absolute Gasteiger partial charge is 0.228 e. The number of ether oxygens (including phenoxy) is 1. The molecular weight excluding hydrogens is 372 g/mol. The van der Waals surface area contributed by atoms with Gasteiger partial charge in [-0.15, -0.1) is 0 Å². The molecule has 1 aliphatic heterocycles. The van der Waals surface area contributed by atoms with Gasteiger partial charge in [0.25, 0.3) is 0 Å². The lowest BCUT2D eigenvalue weighted by Crippen LogP contribution is -2.36. The number of nitrogens with zero attached hydrogens (tertiary/aromatic N) is 4. The summed E-state index contributed by atoms with van der Waals surface area (Å²) >= 11 is 9.38. The molecule has 2 aromatic rings. The summed E-state index contributed by atoms with van der Waals surface area (Å²) in [7, 11) is 0. The number of morpholine rings is 1. The van der Waals surface area contributed by atoms with Crippen LogP contribution in [0.15, 0.2) is 14.4 Å². The van der Waals surface area contributed by atoms with Crippen molar-refractivity contribution in [2.75, 3.05) is 31.2 Å². The van der Waals surface area contributed by atoms with Gasteiger partial charge in [0.2, 0.25) is 11.2 Å². The maximum atomic E-state index is 6.11. The molecule has 0 amide bonds. The molecule has 0 unspecified atom stereocenters. The van der Waals surface area contributed by atoms with E-state index < -0.39 is 0 Å². The van der Waals surface area contributed by atoms with Gasteiger partial charge in [0, 0.05) is 19.3 Å². The number of anilines is 1. The van der Waals surface area contributed by atoms with Crippen LogP contribution in [-0.4, -0.2) is 42.5 Å². The number of furan rings is 1. The van der Waals surface area contributed by atoms with Crippen molar-refractivity contribution < 1.29 is 9.15 Å². The van der Waals surface area contributed by atoms with E-state index in [2.05, 4.69) is 35.8 Å². The number of aliphatic imine (C=N–C) groups is 1. The van der Waals surface area contributed by atoms with Crippen molar-refractivity contribution in [1.29, 1.82) is 0 Å². The molecule has 0 N–H and O–H groups in total. The van der Waals surface area contributed by atoms with Crippen LogP contribution in [0, 0.1) is 0 Å². The molecule has 0 saturated carbocycles. The predicted molar refractivity (Wildman–Crippen MR) is 91.6 cm³/mol. The van der Waals surface area contributed by atoms with Crippen molar-refractivity contribution in [3.63, 3.8) is 0 Å². The highest BCUT2D eigenvalue weighted by atomic mass is 79.9. The Morgan fingerprint density at radius 3 is 2.77 bits per heavy atom. The number of aromatic nitrogens is 2. The van der Waals surface area contributed by atoms with Gasteiger partial charge in [-0.05, 0) is 29.6 Å². The van der Waals surface area contributed by atoms with Crippen molar-refractivity contribution in [2.24, 2.45) is 4.99 Å². The highest BCUT2D eigenvalue weighted by Crippen LogP contribution is 2.37. The summed E-state index contributed by atoms with van der Waals surface area (Å²) < 4.78 is 11.3. The van der Waals surface area contributed by atoms with Crippen LogP contribution >= 0.6 is 27.5 Å². The van der Waals surface area contributed by atoms with Crippen molar-refractivity contribution >= 4 is 62.6 Å².